The number of hydrogen-bond donors (Lipinski definition) is 2. The Labute approximate surface area is 88.0 Å². The number of likely N-dealkylation sites (N-methyl/N-ethyl adjacent to an activating group) is 1. The van der Waals surface area contributed by atoms with Crippen LogP contribution in [0.2, 0.25) is 0 Å². The molecular weight excluding hydrogens is 174 g/mol. The number of hydrogen-bond acceptors (Lipinski definition) is 3. The molecule has 3 nitrogen and oxygen atoms in total. The number of nitrogens with two attached hydrogens (primary N) is 1. The first-order chi connectivity index (χ1) is 6.63. The highest BCUT2D eigenvalue weighted by Crippen LogP contribution is 2.24. The van der Waals surface area contributed by atoms with Gasteiger partial charge >= 0.3 is 0 Å². The maximum absolute atomic E-state index is 5.75. The zero-order chi connectivity index (χ0) is 10.6. The fourth-order valence-corrected chi connectivity index (χ4v) is 2.50. The van der Waals surface area contributed by atoms with E-state index in [1.807, 2.05) is 0 Å². The van der Waals surface area contributed by atoms with E-state index in [-0.39, 0.29) is 0 Å². The lowest BCUT2D eigenvalue weighted by Crippen LogP contribution is -2.45. The lowest BCUT2D eigenvalue weighted by atomic mass is 10.0. The molecule has 0 aliphatic heterocycles. The average Bonchev–Trinajstić information content (AvgIpc) is 2.50. The summed E-state index contributed by atoms with van der Waals surface area (Å²) in [5, 5.41) is 3.69. The Bertz CT molecular complexity index is 159. The van der Waals surface area contributed by atoms with Gasteiger partial charge in [0, 0.05) is 18.6 Å². The highest BCUT2D eigenvalue weighted by atomic mass is 15.1. The van der Waals surface area contributed by atoms with E-state index in [2.05, 4.69) is 31.2 Å². The van der Waals surface area contributed by atoms with Crippen LogP contribution in [-0.2, 0) is 0 Å². The Kier molecular flexibility index (Phi) is 4.85. The van der Waals surface area contributed by atoms with Gasteiger partial charge in [-0.05, 0) is 46.3 Å². The minimum atomic E-state index is 0.571. The van der Waals surface area contributed by atoms with Gasteiger partial charge in [-0.25, -0.2) is 0 Å². The third kappa shape index (κ3) is 3.56. The van der Waals surface area contributed by atoms with Crippen LogP contribution in [0.1, 0.15) is 26.2 Å². The Morgan fingerprint density at radius 1 is 1.43 bits per heavy atom. The molecule has 1 saturated carbocycles. The molecule has 1 rings (SSSR count). The molecule has 84 valence electrons. The van der Waals surface area contributed by atoms with Crippen LogP contribution in [0.4, 0.5) is 0 Å². The third-order valence-corrected chi connectivity index (χ3v) is 3.10. The molecule has 0 spiro atoms. The van der Waals surface area contributed by atoms with E-state index in [9.17, 15) is 0 Å². The summed E-state index contributed by atoms with van der Waals surface area (Å²) in [6.45, 7) is 4.20. The summed E-state index contributed by atoms with van der Waals surface area (Å²) in [7, 11) is 4.24. The van der Waals surface area contributed by atoms with Gasteiger partial charge < -0.3 is 16.0 Å². The van der Waals surface area contributed by atoms with Gasteiger partial charge in [-0.2, -0.15) is 0 Å². The summed E-state index contributed by atoms with van der Waals surface area (Å²) in [4.78, 5) is 2.23. The number of nitrogens with zero attached hydrogens (tertiary/aromatic N) is 1. The van der Waals surface area contributed by atoms with Crippen molar-refractivity contribution in [2.24, 2.45) is 11.7 Å². The Balaban J connectivity index is 2.28. The SMILES string of the molecule is CC(CN(C)C)NC1CCCC1CN. The summed E-state index contributed by atoms with van der Waals surface area (Å²) in [5.74, 6) is 0.708. The van der Waals surface area contributed by atoms with E-state index >= 15 is 0 Å². The van der Waals surface area contributed by atoms with E-state index in [0.717, 1.165) is 13.1 Å². The second-order valence-corrected chi connectivity index (χ2v) is 4.86. The minimum absolute atomic E-state index is 0.571. The van der Waals surface area contributed by atoms with Crippen molar-refractivity contribution in [1.29, 1.82) is 0 Å². The standard InChI is InChI=1S/C11H25N3/c1-9(8-14(2)3)13-11-6-4-5-10(11)7-12/h9-11,13H,4-8,12H2,1-3H3. The first kappa shape index (κ1) is 12.0. The predicted molar refractivity (Wildman–Crippen MR) is 61.3 cm³/mol. The lowest BCUT2D eigenvalue weighted by Gasteiger charge is -2.26. The van der Waals surface area contributed by atoms with Crippen molar-refractivity contribution in [2.75, 3.05) is 27.2 Å². The molecule has 1 aliphatic rings. The van der Waals surface area contributed by atoms with Gasteiger partial charge in [0.05, 0.1) is 0 Å². The van der Waals surface area contributed by atoms with Crippen molar-refractivity contribution in [2.45, 2.75) is 38.3 Å². The van der Waals surface area contributed by atoms with Gasteiger partial charge in [-0.1, -0.05) is 6.42 Å². The Morgan fingerprint density at radius 3 is 2.71 bits per heavy atom. The molecule has 3 atom stereocenters. The molecule has 1 fully saturated rings. The van der Waals surface area contributed by atoms with E-state index in [1.54, 1.807) is 0 Å². The van der Waals surface area contributed by atoms with Crippen molar-refractivity contribution < 1.29 is 0 Å². The zero-order valence-electron chi connectivity index (χ0n) is 9.79. The molecule has 3 N–H and O–H groups in total. The normalized spacial score (nSPS) is 29.8. The van der Waals surface area contributed by atoms with E-state index < -0.39 is 0 Å². The monoisotopic (exact) mass is 199 g/mol. The van der Waals surface area contributed by atoms with Crippen LogP contribution in [0.5, 0.6) is 0 Å². The van der Waals surface area contributed by atoms with E-state index in [1.165, 1.54) is 19.3 Å². The highest BCUT2D eigenvalue weighted by Gasteiger charge is 2.26. The second kappa shape index (κ2) is 5.69. The first-order valence-corrected chi connectivity index (χ1v) is 5.74. The fourth-order valence-electron chi connectivity index (χ4n) is 2.50. The van der Waals surface area contributed by atoms with E-state index in [4.69, 9.17) is 5.73 Å². The zero-order valence-corrected chi connectivity index (χ0v) is 9.79. The summed E-state index contributed by atoms with van der Waals surface area (Å²) in [6.07, 6.45) is 3.96. The summed E-state index contributed by atoms with van der Waals surface area (Å²) >= 11 is 0. The summed E-state index contributed by atoms with van der Waals surface area (Å²) < 4.78 is 0. The molecule has 0 amide bonds. The molecule has 0 saturated heterocycles. The predicted octanol–water partition coefficient (Wildman–Crippen LogP) is 0.654. The van der Waals surface area contributed by atoms with Crippen LogP contribution in [-0.4, -0.2) is 44.2 Å². The van der Waals surface area contributed by atoms with Crippen molar-refractivity contribution in [3.63, 3.8) is 0 Å². The topological polar surface area (TPSA) is 41.3 Å². The molecule has 0 aromatic carbocycles. The maximum Gasteiger partial charge on any atom is 0.0169 e. The van der Waals surface area contributed by atoms with Gasteiger partial charge in [-0.15, -0.1) is 0 Å². The van der Waals surface area contributed by atoms with Crippen molar-refractivity contribution in [3.05, 3.63) is 0 Å². The molecule has 0 aromatic heterocycles. The van der Waals surface area contributed by atoms with Crippen LogP contribution in [0.15, 0.2) is 0 Å². The Hall–Kier alpha value is -0.120. The largest absolute Gasteiger partial charge is 0.330 e. The number of nitrogens with one attached hydrogen (secondary N) is 1. The van der Waals surface area contributed by atoms with Gasteiger partial charge in [0.15, 0.2) is 0 Å². The van der Waals surface area contributed by atoms with Crippen molar-refractivity contribution in [1.82, 2.24) is 10.2 Å². The Morgan fingerprint density at radius 2 is 2.14 bits per heavy atom. The van der Waals surface area contributed by atoms with Gasteiger partial charge in [0.1, 0.15) is 0 Å². The molecule has 0 aromatic rings. The maximum atomic E-state index is 5.75. The first-order valence-electron chi connectivity index (χ1n) is 5.74. The van der Waals surface area contributed by atoms with Gasteiger partial charge in [0.25, 0.3) is 0 Å². The summed E-state index contributed by atoms with van der Waals surface area (Å²) in [6, 6.07) is 1.23. The molecule has 0 heterocycles. The molecule has 0 bridgehead atoms. The van der Waals surface area contributed by atoms with Crippen molar-refractivity contribution >= 4 is 0 Å². The molecule has 3 unspecified atom stereocenters. The second-order valence-electron chi connectivity index (χ2n) is 4.86. The lowest BCUT2D eigenvalue weighted by molar-refractivity contribution is 0.304. The van der Waals surface area contributed by atoms with E-state index in [0.29, 0.717) is 18.0 Å². The molecule has 14 heavy (non-hydrogen) atoms. The fraction of sp³-hybridized carbons (Fsp3) is 1.00. The average molecular weight is 199 g/mol. The minimum Gasteiger partial charge on any atom is -0.330 e. The van der Waals surface area contributed by atoms with Crippen LogP contribution < -0.4 is 11.1 Å². The van der Waals surface area contributed by atoms with Gasteiger partial charge in [-0.3, -0.25) is 0 Å². The van der Waals surface area contributed by atoms with Crippen LogP contribution in [0.3, 0.4) is 0 Å². The van der Waals surface area contributed by atoms with Crippen LogP contribution in [0, 0.1) is 5.92 Å². The van der Waals surface area contributed by atoms with Crippen LogP contribution >= 0.6 is 0 Å². The highest BCUT2D eigenvalue weighted by molar-refractivity contribution is 4.85. The van der Waals surface area contributed by atoms with Crippen LogP contribution in [0.25, 0.3) is 0 Å². The molecule has 0 radical (unpaired) electrons. The smallest absolute Gasteiger partial charge is 0.0169 e. The quantitative estimate of drug-likeness (QED) is 0.683. The third-order valence-electron chi connectivity index (χ3n) is 3.10. The van der Waals surface area contributed by atoms with Crippen molar-refractivity contribution in [3.8, 4) is 0 Å². The molecule has 1 aliphatic carbocycles. The van der Waals surface area contributed by atoms with Gasteiger partial charge in [0.2, 0.25) is 0 Å². The molecule has 3 heteroatoms. The molecular formula is C11H25N3. The summed E-state index contributed by atoms with van der Waals surface area (Å²) in [5.41, 5.74) is 5.75. The number of rotatable bonds is 5.